The van der Waals surface area contributed by atoms with Crippen molar-refractivity contribution in [2.24, 2.45) is 0 Å². The van der Waals surface area contributed by atoms with E-state index in [9.17, 15) is 13.2 Å². The van der Waals surface area contributed by atoms with Gasteiger partial charge in [0.05, 0.1) is 18.5 Å². The maximum atomic E-state index is 12.4. The number of hydrogen-bond acceptors (Lipinski definition) is 5. The summed E-state index contributed by atoms with van der Waals surface area (Å²) < 4.78 is 36.9. The third-order valence-corrected chi connectivity index (χ3v) is 5.58. The first-order valence-corrected chi connectivity index (χ1v) is 10.9. The largest absolute Gasteiger partial charge is 0.486 e. The first kappa shape index (κ1) is 20.3. The second-order valence-corrected chi connectivity index (χ2v) is 8.85. The number of para-hydroxylation sites is 2. The van der Waals surface area contributed by atoms with E-state index in [4.69, 9.17) is 21.1 Å². The zero-order chi connectivity index (χ0) is 20.3. The van der Waals surface area contributed by atoms with Crippen LogP contribution in [-0.2, 0) is 14.8 Å². The van der Waals surface area contributed by atoms with Gasteiger partial charge in [-0.2, -0.15) is 0 Å². The quantitative estimate of drug-likeness (QED) is 0.769. The Kier molecular flexibility index (Phi) is 6.00. The molecule has 1 aliphatic heterocycles. The van der Waals surface area contributed by atoms with Gasteiger partial charge in [0.1, 0.15) is 19.3 Å². The molecule has 1 atom stereocenters. The van der Waals surface area contributed by atoms with Crippen LogP contribution in [0.15, 0.2) is 42.5 Å². The third kappa shape index (κ3) is 4.88. The standard InChI is InChI=1S/C19H21ClN2O5S/c1-13-7-8-14(20)9-16(13)22(28(2,24)25)11-19(23)21-10-15-12-26-17-5-3-4-6-18(17)27-15/h3-9,15H,10-12H2,1-2H3,(H,21,23)/t15-/m1/s1. The minimum Gasteiger partial charge on any atom is -0.486 e. The summed E-state index contributed by atoms with van der Waals surface area (Å²) in [6, 6.07) is 12.2. The lowest BCUT2D eigenvalue weighted by Gasteiger charge is -2.27. The number of carbonyl (C=O) groups is 1. The molecule has 0 aliphatic carbocycles. The van der Waals surface area contributed by atoms with E-state index in [1.807, 2.05) is 12.1 Å². The van der Waals surface area contributed by atoms with Crippen LogP contribution in [0.5, 0.6) is 11.5 Å². The number of aryl methyl sites for hydroxylation is 1. The summed E-state index contributed by atoms with van der Waals surface area (Å²) in [6.45, 7) is 1.89. The van der Waals surface area contributed by atoms with E-state index in [1.54, 1.807) is 31.2 Å². The molecule has 0 unspecified atom stereocenters. The predicted octanol–water partition coefficient (Wildman–Crippen LogP) is 2.37. The Balaban J connectivity index is 1.64. The third-order valence-electron chi connectivity index (χ3n) is 4.22. The van der Waals surface area contributed by atoms with Crippen LogP contribution >= 0.6 is 11.6 Å². The van der Waals surface area contributed by atoms with E-state index in [0.717, 1.165) is 10.6 Å². The molecule has 150 valence electrons. The van der Waals surface area contributed by atoms with E-state index in [2.05, 4.69) is 5.32 Å². The van der Waals surface area contributed by atoms with E-state index >= 15 is 0 Å². The van der Waals surface area contributed by atoms with Crippen LogP contribution < -0.4 is 19.1 Å². The zero-order valence-electron chi connectivity index (χ0n) is 15.5. The normalized spacial score (nSPS) is 15.8. The molecule has 0 saturated carbocycles. The second-order valence-electron chi connectivity index (χ2n) is 6.50. The maximum Gasteiger partial charge on any atom is 0.240 e. The molecule has 28 heavy (non-hydrogen) atoms. The highest BCUT2D eigenvalue weighted by Gasteiger charge is 2.25. The van der Waals surface area contributed by atoms with Crippen LogP contribution in [0.1, 0.15) is 5.56 Å². The summed E-state index contributed by atoms with van der Waals surface area (Å²) in [5.41, 5.74) is 1.07. The Morgan fingerprint density at radius 3 is 2.68 bits per heavy atom. The highest BCUT2D eigenvalue weighted by atomic mass is 35.5. The van der Waals surface area contributed by atoms with Crippen molar-refractivity contribution in [3.63, 3.8) is 0 Å². The van der Waals surface area contributed by atoms with Crippen molar-refractivity contribution < 1.29 is 22.7 Å². The predicted molar refractivity (Wildman–Crippen MR) is 108 cm³/mol. The molecule has 0 spiro atoms. The fraction of sp³-hybridized carbons (Fsp3) is 0.316. The molecule has 0 saturated heterocycles. The van der Waals surface area contributed by atoms with Crippen LogP contribution in [0.4, 0.5) is 5.69 Å². The van der Waals surface area contributed by atoms with Gasteiger partial charge in [-0.25, -0.2) is 8.42 Å². The Hall–Kier alpha value is -2.45. The molecular formula is C19H21ClN2O5S. The molecule has 2 aromatic carbocycles. The lowest BCUT2D eigenvalue weighted by molar-refractivity contribution is -0.120. The molecule has 0 bridgehead atoms. The lowest BCUT2D eigenvalue weighted by atomic mass is 10.2. The fourth-order valence-corrected chi connectivity index (χ4v) is 3.88. The van der Waals surface area contributed by atoms with E-state index < -0.39 is 15.9 Å². The Morgan fingerprint density at radius 1 is 1.25 bits per heavy atom. The van der Waals surface area contributed by atoms with Crippen LogP contribution in [0.25, 0.3) is 0 Å². The summed E-state index contributed by atoms with van der Waals surface area (Å²) in [7, 11) is -3.68. The van der Waals surface area contributed by atoms with Gasteiger partial charge in [0.25, 0.3) is 0 Å². The Bertz CT molecular complexity index is 980. The smallest absolute Gasteiger partial charge is 0.240 e. The molecule has 1 aliphatic rings. The van der Waals surface area contributed by atoms with Gasteiger partial charge >= 0.3 is 0 Å². The number of fused-ring (bicyclic) bond motifs is 1. The monoisotopic (exact) mass is 424 g/mol. The number of carbonyl (C=O) groups excluding carboxylic acids is 1. The average Bonchev–Trinajstić information content (AvgIpc) is 2.65. The molecule has 1 heterocycles. The highest BCUT2D eigenvalue weighted by Crippen LogP contribution is 2.30. The summed E-state index contributed by atoms with van der Waals surface area (Å²) in [5.74, 6) is 0.817. The van der Waals surface area contributed by atoms with Gasteiger partial charge in [0.15, 0.2) is 11.5 Å². The van der Waals surface area contributed by atoms with Crippen molar-refractivity contribution in [3.8, 4) is 11.5 Å². The first-order valence-electron chi connectivity index (χ1n) is 8.63. The number of nitrogens with zero attached hydrogens (tertiary/aromatic N) is 1. The van der Waals surface area contributed by atoms with E-state index in [-0.39, 0.29) is 19.2 Å². The summed E-state index contributed by atoms with van der Waals surface area (Å²) in [4.78, 5) is 12.4. The number of ether oxygens (including phenoxy) is 2. The maximum absolute atomic E-state index is 12.4. The fourth-order valence-electron chi connectivity index (χ4n) is 2.81. The van der Waals surface area contributed by atoms with Crippen molar-refractivity contribution in [2.75, 3.05) is 30.3 Å². The molecule has 1 N–H and O–H groups in total. The number of halogens is 1. The minimum atomic E-state index is -3.68. The molecule has 0 radical (unpaired) electrons. The Labute approximate surface area is 169 Å². The van der Waals surface area contributed by atoms with E-state index in [0.29, 0.717) is 34.4 Å². The van der Waals surface area contributed by atoms with Crippen molar-refractivity contribution in [1.29, 1.82) is 0 Å². The van der Waals surface area contributed by atoms with Gasteiger partial charge in [0, 0.05) is 5.02 Å². The molecule has 3 rings (SSSR count). The molecule has 0 aromatic heterocycles. The minimum absolute atomic E-state index is 0.194. The molecule has 1 amide bonds. The SMILES string of the molecule is Cc1ccc(Cl)cc1N(CC(=O)NC[C@@H]1COc2ccccc2O1)S(C)(=O)=O. The van der Waals surface area contributed by atoms with Crippen LogP contribution in [0, 0.1) is 6.92 Å². The lowest BCUT2D eigenvalue weighted by Crippen LogP contribution is -2.45. The van der Waals surface area contributed by atoms with Gasteiger partial charge < -0.3 is 14.8 Å². The Morgan fingerprint density at radius 2 is 1.96 bits per heavy atom. The number of amides is 1. The number of anilines is 1. The number of sulfonamides is 1. The van der Waals surface area contributed by atoms with Crippen molar-refractivity contribution in [2.45, 2.75) is 13.0 Å². The number of benzene rings is 2. The summed E-state index contributed by atoms with van der Waals surface area (Å²) in [5, 5.41) is 3.10. The second kappa shape index (κ2) is 8.28. The van der Waals surface area contributed by atoms with Crippen LogP contribution in [0.3, 0.4) is 0 Å². The zero-order valence-corrected chi connectivity index (χ0v) is 17.1. The van der Waals surface area contributed by atoms with Crippen molar-refractivity contribution in [1.82, 2.24) is 5.32 Å². The van der Waals surface area contributed by atoms with Crippen molar-refractivity contribution >= 4 is 33.2 Å². The van der Waals surface area contributed by atoms with Crippen LogP contribution in [0.2, 0.25) is 5.02 Å². The topological polar surface area (TPSA) is 84.9 Å². The summed E-state index contributed by atoms with van der Waals surface area (Å²) >= 11 is 6.00. The number of rotatable bonds is 6. The van der Waals surface area contributed by atoms with Gasteiger partial charge in [-0.3, -0.25) is 9.10 Å². The van der Waals surface area contributed by atoms with Crippen LogP contribution in [-0.4, -0.2) is 46.4 Å². The van der Waals surface area contributed by atoms with E-state index in [1.165, 1.54) is 6.07 Å². The summed E-state index contributed by atoms with van der Waals surface area (Å²) in [6.07, 6.45) is 0.689. The average molecular weight is 425 g/mol. The molecule has 2 aromatic rings. The van der Waals surface area contributed by atoms with Crippen molar-refractivity contribution in [3.05, 3.63) is 53.1 Å². The van der Waals surface area contributed by atoms with Gasteiger partial charge in [0.2, 0.25) is 15.9 Å². The number of hydrogen-bond donors (Lipinski definition) is 1. The van der Waals surface area contributed by atoms with Gasteiger partial charge in [-0.15, -0.1) is 0 Å². The first-order chi connectivity index (χ1) is 13.2. The van der Waals surface area contributed by atoms with Gasteiger partial charge in [-0.1, -0.05) is 29.8 Å². The molecular weight excluding hydrogens is 404 g/mol. The highest BCUT2D eigenvalue weighted by molar-refractivity contribution is 7.92. The molecule has 9 heteroatoms. The van der Waals surface area contributed by atoms with Gasteiger partial charge in [-0.05, 0) is 36.8 Å². The molecule has 7 nitrogen and oxygen atoms in total. The molecule has 0 fully saturated rings. The number of nitrogens with one attached hydrogen (secondary N) is 1.